The Morgan fingerprint density at radius 1 is 1.36 bits per heavy atom. The van der Waals surface area contributed by atoms with Crippen molar-refractivity contribution in [2.75, 3.05) is 0 Å². The monoisotopic (exact) mass is 207 g/mol. The third-order valence-electron chi connectivity index (χ3n) is 2.55. The predicted octanol–water partition coefficient (Wildman–Crippen LogP) is 2.90. The number of hydrogen-bond donors (Lipinski definition) is 0. The van der Waals surface area contributed by atoms with E-state index in [1.807, 2.05) is 13.0 Å². The van der Waals surface area contributed by atoms with Gasteiger partial charge in [-0.25, -0.2) is 4.98 Å². The molecule has 0 N–H and O–H groups in total. The van der Waals surface area contributed by atoms with Crippen LogP contribution in [0.15, 0.2) is 6.08 Å². The summed E-state index contributed by atoms with van der Waals surface area (Å²) in [5.74, 6) is 0.346. The second-order valence-electron chi connectivity index (χ2n) is 3.63. The number of carbonyl (C=O) groups excluding carboxylic acids is 1. The molecule has 0 fully saturated rings. The highest BCUT2D eigenvalue weighted by Gasteiger charge is 2.14. The Hall–Kier alpha value is -0.960. The average Bonchev–Trinajstić information content (AvgIpc) is 2.48. The molecule has 3 heteroatoms. The van der Waals surface area contributed by atoms with E-state index in [1.165, 1.54) is 10.5 Å². The zero-order valence-corrected chi connectivity index (χ0v) is 9.28. The molecular formula is C11H13NOS. The molecule has 0 aliphatic heterocycles. The van der Waals surface area contributed by atoms with Crippen LogP contribution in [0.2, 0.25) is 0 Å². The Labute approximate surface area is 87.7 Å². The summed E-state index contributed by atoms with van der Waals surface area (Å²) >= 11 is 1.73. The molecular weight excluding hydrogens is 194 g/mol. The standard InChI is InChI=1S/C11H13NOS/c1-7-8(2)14-11(12-7)9-3-5-10(13)6-4-9/h3H,4-6H2,1-2H3. The molecule has 0 radical (unpaired) electrons. The van der Waals surface area contributed by atoms with E-state index in [0.29, 0.717) is 18.6 Å². The Balaban J connectivity index is 2.27. The summed E-state index contributed by atoms with van der Waals surface area (Å²) in [5, 5.41) is 1.10. The number of ketones is 1. The normalized spacial score (nSPS) is 17.0. The quantitative estimate of drug-likeness (QED) is 0.708. The van der Waals surface area contributed by atoms with Crippen LogP contribution in [-0.4, -0.2) is 10.8 Å². The van der Waals surface area contributed by atoms with Crippen molar-refractivity contribution in [2.24, 2.45) is 0 Å². The first-order valence-electron chi connectivity index (χ1n) is 4.82. The Morgan fingerprint density at radius 3 is 2.64 bits per heavy atom. The Morgan fingerprint density at radius 2 is 2.14 bits per heavy atom. The van der Waals surface area contributed by atoms with Crippen molar-refractivity contribution in [1.82, 2.24) is 4.98 Å². The molecule has 0 atom stereocenters. The minimum atomic E-state index is 0.346. The molecule has 0 aromatic carbocycles. The van der Waals surface area contributed by atoms with E-state index in [2.05, 4.69) is 11.9 Å². The number of hydrogen-bond acceptors (Lipinski definition) is 3. The summed E-state index contributed by atoms with van der Waals surface area (Å²) in [6.07, 6.45) is 4.17. The second-order valence-corrected chi connectivity index (χ2v) is 4.84. The summed E-state index contributed by atoms with van der Waals surface area (Å²) < 4.78 is 0. The first kappa shape index (κ1) is 9.59. The van der Waals surface area contributed by atoms with E-state index in [4.69, 9.17) is 0 Å². The van der Waals surface area contributed by atoms with Gasteiger partial charge < -0.3 is 0 Å². The maximum absolute atomic E-state index is 11.1. The fourth-order valence-corrected chi connectivity index (χ4v) is 2.50. The van der Waals surface area contributed by atoms with Gasteiger partial charge in [-0.3, -0.25) is 4.79 Å². The molecule has 74 valence electrons. The average molecular weight is 207 g/mol. The van der Waals surface area contributed by atoms with E-state index >= 15 is 0 Å². The van der Waals surface area contributed by atoms with Gasteiger partial charge in [0.2, 0.25) is 0 Å². The number of carbonyl (C=O) groups is 1. The van der Waals surface area contributed by atoms with Gasteiger partial charge in [0.15, 0.2) is 0 Å². The lowest BCUT2D eigenvalue weighted by molar-refractivity contribution is -0.118. The fraction of sp³-hybridized carbons (Fsp3) is 0.455. The van der Waals surface area contributed by atoms with Gasteiger partial charge in [0.25, 0.3) is 0 Å². The van der Waals surface area contributed by atoms with Gasteiger partial charge >= 0.3 is 0 Å². The highest BCUT2D eigenvalue weighted by Crippen LogP contribution is 2.29. The van der Waals surface area contributed by atoms with Crippen LogP contribution in [-0.2, 0) is 4.79 Å². The summed E-state index contributed by atoms with van der Waals surface area (Å²) in [6.45, 7) is 4.12. The van der Waals surface area contributed by atoms with Crippen LogP contribution in [0.5, 0.6) is 0 Å². The van der Waals surface area contributed by atoms with Gasteiger partial charge in [-0.2, -0.15) is 0 Å². The fourth-order valence-electron chi connectivity index (χ4n) is 1.52. The van der Waals surface area contributed by atoms with E-state index in [1.54, 1.807) is 11.3 Å². The van der Waals surface area contributed by atoms with Crippen LogP contribution < -0.4 is 0 Å². The number of allylic oxidation sites excluding steroid dienone is 2. The summed E-state index contributed by atoms with van der Waals surface area (Å²) in [7, 11) is 0. The topological polar surface area (TPSA) is 30.0 Å². The van der Waals surface area contributed by atoms with Crippen molar-refractivity contribution in [3.05, 3.63) is 21.7 Å². The lowest BCUT2D eigenvalue weighted by Crippen LogP contribution is -2.02. The molecule has 0 bridgehead atoms. The summed E-state index contributed by atoms with van der Waals surface area (Å²) in [5.41, 5.74) is 2.37. The molecule has 1 aliphatic carbocycles. The molecule has 0 amide bonds. The van der Waals surface area contributed by atoms with Gasteiger partial charge in [0.05, 0.1) is 5.69 Å². The molecule has 1 aliphatic rings. The first-order chi connectivity index (χ1) is 6.66. The molecule has 1 aromatic rings. The second kappa shape index (κ2) is 3.65. The predicted molar refractivity (Wildman–Crippen MR) is 58.4 cm³/mol. The third-order valence-corrected chi connectivity index (χ3v) is 3.70. The van der Waals surface area contributed by atoms with Crippen LogP contribution in [0, 0.1) is 13.8 Å². The lowest BCUT2D eigenvalue weighted by atomic mass is 9.99. The maximum Gasteiger partial charge on any atom is 0.137 e. The molecule has 0 spiro atoms. The van der Waals surface area contributed by atoms with Crippen molar-refractivity contribution in [1.29, 1.82) is 0 Å². The number of aryl methyl sites for hydroxylation is 2. The van der Waals surface area contributed by atoms with Gasteiger partial charge in [-0.15, -0.1) is 11.3 Å². The van der Waals surface area contributed by atoms with E-state index in [-0.39, 0.29) is 0 Å². The van der Waals surface area contributed by atoms with Crippen LogP contribution in [0.1, 0.15) is 34.8 Å². The van der Waals surface area contributed by atoms with Crippen molar-refractivity contribution in [3.63, 3.8) is 0 Å². The summed E-state index contributed by atoms with van der Waals surface area (Å²) in [6, 6.07) is 0. The summed E-state index contributed by atoms with van der Waals surface area (Å²) in [4.78, 5) is 16.8. The molecule has 1 aromatic heterocycles. The number of nitrogens with zero attached hydrogens (tertiary/aromatic N) is 1. The highest BCUT2D eigenvalue weighted by atomic mass is 32.1. The van der Waals surface area contributed by atoms with Crippen LogP contribution in [0.4, 0.5) is 0 Å². The molecule has 14 heavy (non-hydrogen) atoms. The van der Waals surface area contributed by atoms with Crippen molar-refractivity contribution in [3.8, 4) is 0 Å². The molecule has 1 heterocycles. The van der Waals surface area contributed by atoms with Gasteiger partial charge in [0.1, 0.15) is 10.8 Å². The Kier molecular flexibility index (Phi) is 2.50. The highest BCUT2D eigenvalue weighted by molar-refractivity contribution is 7.12. The van der Waals surface area contributed by atoms with Crippen molar-refractivity contribution in [2.45, 2.75) is 33.1 Å². The zero-order chi connectivity index (χ0) is 10.1. The van der Waals surface area contributed by atoms with Crippen LogP contribution in [0.3, 0.4) is 0 Å². The number of Topliss-reactive ketones (excluding diaryl/α,β-unsaturated/α-hetero) is 1. The lowest BCUT2D eigenvalue weighted by Gasteiger charge is -2.08. The smallest absolute Gasteiger partial charge is 0.137 e. The Bertz CT molecular complexity index is 384. The molecule has 0 saturated carbocycles. The SMILES string of the molecule is Cc1nc(C2=CCC(=O)CC2)sc1C. The molecule has 2 nitrogen and oxygen atoms in total. The van der Waals surface area contributed by atoms with Crippen molar-refractivity contribution < 1.29 is 4.79 Å². The molecule has 0 saturated heterocycles. The maximum atomic E-state index is 11.1. The zero-order valence-electron chi connectivity index (χ0n) is 8.46. The number of aromatic nitrogens is 1. The van der Waals surface area contributed by atoms with Gasteiger partial charge in [0, 0.05) is 17.7 Å². The van der Waals surface area contributed by atoms with Gasteiger partial charge in [-0.05, 0) is 25.8 Å². The van der Waals surface area contributed by atoms with Crippen LogP contribution >= 0.6 is 11.3 Å². The van der Waals surface area contributed by atoms with Gasteiger partial charge in [-0.1, -0.05) is 6.08 Å². The minimum Gasteiger partial charge on any atom is -0.299 e. The number of rotatable bonds is 1. The third kappa shape index (κ3) is 1.77. The largest absolute Gasteiger partial charge is 0.299 e. The van der Waals surface area contributed by atoms with E-state index in [9.17, 15) is 4.79 Å². The number of thiazole rings is 1. The molecule has 2 rings (SSSR count). The van der Waals surface area contributed by atoms with Crippen molar-refractivity contribution >= 4 is 22.7 Å². The van der Waals surface area contributed by atoms with Crippen LogP contribution in [0.25, 0.3) is 5.57 Å². The molecule has 0 unspecified atom stereocenters. The first-order valence-corrected chi connectivity index (χ1v) is 5.63. The van der Waals surface area contributed by atoms with E-state index < -0.39 is 0 Å². The van der Waals surface area contributed by atoms with E-state index in [0.717, 1.165) is 17.1 Å². The minimum absolute atomic E-state index is 0.346.